The van der Waals surface area contributed by atoms with E-state index in [1.54, 1.807) is 7.11 Å². The van der Waals surface area contributed by atoms with Gasteiger partial charge in [-0.25, -0.2) is 0 Å². The van der Waals surface area contributed by atoms with Crippen molar-refractivity contribution in [1.82, 2.24) is 10.2 Å². The molecule has 1 atom stereocenters. The average Bonchev–Trinajstić information content (AvgIpc) is 2.69. The van der Waals surface area contributed by atoms with Gasteiger partial charge < -0.3 is 24.8 Å². The number of likely N-dealkylation sites (tertiary alicyclic amines) is 1. The molecule has 28 heavy (non-hydrogen) atoms. The number of aliphatic hydroxyl groups excluding tert-OH is 1. The standard InChI is InChI=1S/C21H35N3O3.HI/c1-4-22-21(23-16-20(25)18-8-5-7-17(2)15-18)24-11-9-19(10-12-24)27-14-6-13-26-3;/h5,7-8,15,19-20,25H,4,6,9-14,16H2,1-3H3,(H,22,23);1H. The van der Waals surface area contributed by atoms with E-state index in [-0.39, 0.29) is 24.0 Å². The number of methoxy groups -OCH3 is 1. The molecule has 1 fully saturated rings. The van der Waals surface area contributed by atoms with Crippen molar-refractivity contribution in [2.24, 2.45) is 4.99 Å². The molecule has 0 saturated carbocycles. The molecule has 0 aromatic heterocycles. The first kappa shape index (κ1) is 25.1. The number of rotatable bonds is 9. The van der Waals surface area contributed by atoms with Crippen LogP contribution in [0.3, 0.4) is 0 Å². The Hall–Kier alpha value is -0.900. The van der Waals surface area contributed by atoms with E-state index in [0.29, 0.717) is 12.6 Å². The van der Waals surface area contributed by atoms with Gasteiger partial charge in [0.2, 0.25) is 0 Å². The Balaban J connectivity index is 0.00000392. The fourth-order valence-electron chi connectivity index (χ4n) is 3.27. The first-order valence-corrected chi connectivity index (χ1v) is 10.0. The number of guanidine groups is 1. The fraction of sp³-hybridized carbons (Fsp3) is 0.667. The summed E-state index contributed by atoms with van der Waals surface area (Å²) in [4.78, 5) is 6.94. The number of halogens is 1. The van der Waals surface area contributed by atoms with Gasteiger partial charge in [-0.3, -0.25) is 4.99 Å². The molecule has 1 aromatic carbocycles. The fourth-order valence-corrected chi connectivity index (χ4v) is 3.27. The maximum Gasteiger partial charge on any atom is 0.194 e. The number of nitrogens with one attached hydrogen (secondary N) is 1. The third-order valence-electron chi connectivity index (χ3n) is 4.76. The summed E-state index contributed by atoms with van der Waals surface area (Å²) < 4.78 is 11.0. The Morgan fingerprint density at radius 1 is 1.32 bits per heavy atom. The van der Waals surface area contributed by atoms with Crippen molar-refractivity contribution >= 4 is 29.9 Å². The van der Waals surface area contributed by atoms with Crippen LogP contribution in [0.4, 0.5) is 0 Å². The Kier molecular flexibility index (Phi) is 12.7. The SMILES string of the molecule is CCNC(=NCC(O)c1cccc(C)c1)N1CCC(OCCCOC)CC1.I. The van der Waals surface area contributed by atoms with E-state index in [9.17, 15) is 5.11 Å². The molecule has 0 bridgehead atoms. The predicted molar refractivity (Wildman–Crippen MR) is 125 cm³/mol. The zero-order valence-electron chi connectivity index (χ0n) is 17.4. The molecule has 1 aromatic rings. The molecular formula is C21H36IN3O3. The lowest BCUT2D eigenvalue weighted by molar-refractivity contribution is 0.00986. The highest BCUT2D eigenvalue weighted by molar-refractivity contribution is 14.0. The average molecular weight is 505 g/mol. The summed E-state index contributed by atoms with van der Waals surface area (Å²) in [5.74, 6) is 0.877. The second-order valence-corrected chi connectivity index (χ2v) is 7.03. The van der Waals surface area contributed by atoms with Gasteiger partial charge in [-0.05, 0) is 38.7 Å². The van der Waals surface area contributed by atoms with Crippen LogP contribution in [-0.4, -0.2) is 68.6 Å². The van der Waals surface area contributed by atoms with E-state index < -0.39 is 6.10 Å². The zero-order valence-corrected chi connectivity index (χ0v) is 19.7. The molecule has 1 heterocycles. The molecule has 0 amide bonds. The van der Waals surface area contributed by atoms with Crippen LogP contribution in [0.25, 0.3) is 0 Å². The second-order valence-electron chi connectivity index (χ2n) is 7.03. The molecular weight excluding hydrogens is 469 g/mol. The maximum absolute atomic E-state index is 10.5. The molecule has 1 unspecified atom stereocenters. The highest BCUT2D eigenvalue weighted by Gasteiger charge is 2.22. The van der Waals surface area contributed by atoms with Crippen LogP contribution in [0.2, 0.25) is 0 Å². The van der Waals surface area contributed by atoms with Crippen molar-refractivity contribution in [1.29, 1.82) is 0 Å². The zero-order chi connectivity index (χ0) is 19.5. The minimum absolute atomic E-state index is 0. The molecule has 1 saturated heterocycles. The van der Waals surface area contributed by atoms with Crippen LogP contribution in [-0.2, 0) is 9.47 Å². The van der Waals surface area contributed by atoms with Crippen molar-refractivity contribution in [2.45, 2.75) is 45.3 Å². The van der Waals surface area contributed by atoms with Gasteiger partial charge >= 0.3 is 0 Å². The topological polar surface area (TPSA) is 66.3 Å². The maximum atomic E-state index is 10.5. The van der Waals surface area contributed by atoms with Crippen LogP contribution in [0, 0.1) is 6.92 Å². The smallest absolute Gasteiger partial charge is 0.194 e. The van der Waals surface area contributed by atoms with Crippen LogP contribution >= 0.6 is 24.0 Å². The summed E-state index contributed by atoms with van der Waals surface area (Å²) in [5.41, 5.74) is 2.06. The van der Waals surface area contributed by atoms with E-state index in [1.807, 2.05) is 31.2 Å². The number of benzene rings is 1. The van der Waals surface area contributed by atoms with E-state index in [0.717, 1.165) is 69.2 Å². The van der Waals surface area contributed by atoms with Gasteiger partial charge in [0.05, 0.1) is 18.8 Å². The second kappa shape index (κ2) is 14.1. The Morgan fingerprint density at radius 3 is 2.71 bits per heavy atom. The molecule has 1 aliphatic heterocycles. The summed E-state index contributed by atoms with van der Waals surface area (Å²) in [5, 5.41) is 13.8. The summed E-state index contributed by atoms with van der Waals surface area (Å²) in [6, 6.07) is 7.97. The largest absolute Gasteiger partial charge is 0.386 e. The lowest BCUT2D eigenvalue weighted by atomic mass is 10.1. The number of hydrogen-bond acceptors (Lipinski definition) is 4. The molecule has 7 heteroatoms. The molecule has 1 aliphatic rings. The Morgan fingerprint density at radius 2 is 2.07 bits per heavy atom. The van der Waals surface area contributed by atoms with Gasteiger partial charge in [-0.15, -0.1) is 24.0 Å². The van der Waals surface area contributed by atoms with E-state index >= 15 is 0 Å². The molecule has 0 radical (unpaired) electrons. The van der Waals surface area contributed by atoms with Crippen LogP contribution in [0.15, 0.2) is 29.3 Å². The number of aliphatic imine (C=N–C) groups is 1. The van der Waals surface area contributed by atoms with Gasteiger partial charge in [-0.2, -0.15) is 0 Å². The molecule has 6 nitrogen and oxygen atoms in total. The van der Waals surface area contributed by atoms with Crippen molar-refractivity contribution in [2.75, 3.05) is 46.5 Å². The molecule has 160 valence electrons. The normalized spacial score (nSPS) is 16.6. The van der Waals surface area contributed by atoms with Crippen LogP contribution in [0.1, 0.15) is 43.4 Å². The number of piperidine rings is 1. The third kappa shape index (κ3) is 8.63. The Bertz CT molecular complexity index is 578. The minimum atomic E-state index is -0.583. The van der Waals surface area contributed by atoms with Gasteiger partial charge in [0.1, 0.15) is 0 Å². The van der Waals surface area contributed by atoms with Crippen molar-refractivity contribution in [3.8, 4) is 0 Å². The number of aliphatic hydroxyl groups is 1. The van der Waals surface area contributed by atoms with Crippen LogP contribution < -0.4 is 5.32 Å². The number of aryl methyl sites for hydroxylation is 1. The predicted octanol–water partition coefficient (Wildman–Crippen LogP) is 3.13. The monoisotopic (exact) mass is 505 g/mol. The summed E-state index contributed by atoms with van der Waals surface area (Å²) >= 11 is 0. The van der Waals surface area contributed by atoms with Gasteiger partial charge in [-0.1, -0.05) is 29.8 Å². The third-order valence-corrected chi connectivity index (χ3v) is 4.76. The first-order chi connectivity index (χ1) is 13.1. The number of ether oxygens (including phenoxy) is 2. The minimum Gasteiger partial charge on any atom is -0.386 e. The number of hydrogen-bond donors (Lipinski definition) is 2. The molecule has 2 rings (SSSR count). The summed E-state index contributed by atoms with van der Waals surface area (Å²) in [6.45, 7) is 8.62. The summed E-state index contributed by atoms with van der Waals surface area (Å²) in [6.07, 6.45) is 2.67. The van der Waals surface area contributed by atoms with Crippen molar-refractivity contribution in [3.63, 3.8) is 0 Å². The van der Waals surface area contributed by atoms with Crippen LogP contribution in [0.5, 0.6) is 0 Å². The highest BCUT2D eigenvalue weighted by atomic mass is 127. The van der Waals surface area contributed by atoms with E-state index in [4.69, 9.17) is 9.47 Å². The highest BCUT2D eigenvalue weighted by Crippen LogP contribution is 2.17. The lowest BCUT2D eigenvalue weighted by Crippen LogP contribution is -2.47. The van der Waals surface area contributed by atoms with E-state index in [1.165, 1.54) is 0 Å². The quantitative estimate of drug-likeness (QED) is 0.234. The molecule has 0 spiro atoms. The van der Waals surface area contributed by atoms with Crippen molar-refractivity contribution in [3.05, 3.63) is 35.4 Å². The Labute approximate surface area is 186 Å². The van der Waals surface area contributed by atoms with E-state index in [2.05, 4.69) is 22.1 Å². The van der Waals surface area contributed by atoms with Crippen molar-refractivity contribution < 1.29 is 14.6 Å². The molecule has 0 aliphatic carbocycles. The first-order valence-electron chi connectivity index (χ1n) is 10.0. The lowest BCUT2D eigenvalue weighted by Gasteiger charge is -2.34. The van der Waals surface area contributed by atoms with Gasteiger partial charge in [0, 0.05) is 40.0 Å². The van der Waals surface area contributed by atoms with Gasteiger partial charge in [0.25, 0.3) is 0 Å². The van der Waals surface area contributed by atoms with Gasteiger partial charge in [0.15, 0.2) is 5.96 Å². The number of nitrogens with zero attached hydrogens (tertiary/aromatic N) is 2. The summed E-state index contributed by atoms with van der Waals surface area (Å²) in [7, 11) is 1.72. The molecule has 2 N–H and O–H groups in total.